The van der Waals surface area contributed by atoms with Crippen molar-refractivity contribution in [3.8, 4) is 11.3 Å². The summed E-state index contributed by atoms with van der Waals surface area (Å²) in [5, 5.41) is 0. The van der Waals surface area contributed by atoms with E-state index in [9.17, 15) is 9.18 Å². The largest absolute Gasteiger partial charge is 0.376 e. The molecule has 2 fully saturated rings. The van der Waals surface area contributed by atoms with Crippen LogP contribution < -0.4 is 10.5 Å². The van der Waals surface area contributed by atoms with Crippen LogP contribution in [0.15, 0.2) is 29.3 Å². The molecule has 0 N–H and O–H groups in total. The highest BCUT2D eigenvalue weighted by atomic mass is 19.1. The second-order valence-corrected chi connectivity index (χ2v) is 5.90. The van der Waals surface area contributed by atoms with Crippen LogP contribution in [0.5, 0.6) is 0 Å². The van der Waals surface area contributed by atoms with Gasteiger partial charge in [0.1, 0.15) is 6.10 Å². The van der Waals surface area contributed by atoms with Crippen molar-refractivity contribution in [3.63, 3.8) is 0 Å². The van der Waals surface area contributed by atoms with Crippen LogP contribution in [0, 0.1) is 5.82 Å². The van der Waals surface area contributed by atoms with Gasteiger partial charge in [0.2, 0.25) is 5.95 Å². The molecule has 0 spiro atoms. The third-order valence-corrected chi connectivity index (χ3v) is 4.48. The molecule has 0 aromatic carbocycles. The van der Waals surface area contributed by atoms with Gasteiger partial charge in [-0.25, -0.2) is 9.37 Å². The van der Waals surface area contributed by atoms with Crippen molar-refractivity contribution in [2.75, 3.05) is 31.3 Å². The van der Waals surface area contributed by atoms with E-state index in [1.807, 2.05) is 4.90 Å². The lowest BCUT2D eigenvalue weighted by Crippen LogP contribution is -2.52. The first-order valence-corrected chi connectivity index (χ1v) is 7.79. The third-order valence-electron chi connectivity index (χ3n) is 4.48. The highest BCUT2D eigenvalue weighted by Gasteiger charge is 2.38. The second-order valence-electron chi connectivity index (χ2n) is 5.90. The smallest absolute Gasteiger partial charge is 0.255 e. The lowest BCUT2D eigenvalue weighted by Gasteiger charge is -2.37. The molecule has 24 heavy (non-hydrogen) atoms. The Morgan fingerprint density at radius 3 is 3.08 bits per heavy atom. The summed E-state index contributed by atoms with van der Waals surface area (Å²) in [6, 6.07) is 2.86. The SMILES string of the molecule is Cn1c(N2CCOC3COCC32)nc(-c2ccncc2F)cc1=O. The maximum atomic E-state index is 14.0. The molecule has 8 heteroatoms. The number of hydrogen-bond acceptors (Lipinski definition) is 6. The lowest BCUT2D eigenvalue weighted by molar-refractivity contribution is 0.0217. The van der Waals surface area contributed by atoms with E-state index in [1.54, 1.807) is 7.05 Å². The number of aromatic nitrogens is 3. The van der Waals surface area contributed by atoms with Gasteiger partial charge >= 0.3 is 0 Å². The Kier molecular flexibility index (Phi) is 3.78. The summed E-state index contributed by atoms with van der Waals surface area (Å²) in [4.78, 5) is 22.7. The number of anilines is 1. The van der Waals surface area contributed by atoms with E-state index >= 15 is 0 Å². The highest BCUT2D eigenvalue weighted by molar-refractivity contribution is 5.60. The van der Waals surface area contributed by atoms with Crippen LogP contribution >= 0.6 is 0 Å². The van der Waals surface area contributed by atoms with Gasteiger partial charge in [0.15, 0.2) is 5.82 Å². The maximum Gasteiger partial charge on any atom is 0.255 e. The van der Waals surface area contributed by atoms with Gasteiger partial charge in [0, 0.05) is 31.4 Å². The van der Waals surface area contributed by atoms with Crippen molar-refractivity contribution in [1.29, 1.82) is 0 Å². The molecule has 7 nitrogen and oxygen atoms in total. The minimum Gasteiger partial charge on any atom is -0.376 e. The number of rotatable bonds is 2. The van der Waals surface area contributed by atoms with Crippen LogP contribution in [0.1, 0.15) is 0 Å². The molecule has 2 saturated heterocycles. The monoisotopic (exact) mass is 332 g/mol. The molecule has 4 heterocycles. The fraction of sp³-hybridized carbons (Fsp3) is 0.438. The van der Waals surface area contributed by atoms with Gasteiger partial charge in [-0.3, -0.25) is 14.3 Å². The average Bonchev–Trinajstić information content (AvgIpc) is 3.06. The highest BCUT2D eigenvalue weighted by Crippen LogP contribution is 2.27. The molecule has 2 aromatic rings. The van der Waals surface area contributed by atoms with E-state index in [1.165, 1.54) is 22.9 Å². The number of pyridine rings is 1. The minimum absolute atomic E-state index is 0.00869. The van der Waals surface area contributed by atoms with Gasteiger partial charge in [-0.1, -0.05) is 0 Å². The van der Waals surface area contributed by atoms with Gasteiger partial charge in [-0.05, 0) is 6.07 Å². The van der Waals surface area contributed by atoms with E-state index in [0.29, 0.717) is 38.0 Å². The van der Waals surface area contributed by atoms with Crippen LogP contribution in [0.2, 0.25) is 0 Å². The number of hydrogen-bond donors (Lipinski definition) is 0. The molecule has 2 atom stereocenters. The predicted molar refractivity (Wildman–Crippen MR) is 84.4 cm³/mol. The first-order chi connectivity index (χ1) is 11.6. The molecular formula is C16H17FN4O3. The standard InChI is InChI=1S/C16H17FN4O3/c1-20-15(22)6-12(10-2-3-18-7-11(10)17)19-16(20)21-4-5-24-14-9-23-8-13(14)21/h2-3,6-7,13-14H,4-5,8-9H2,1H3. The molecule has 4 rings (SSSR count). The molecule has 0 amide bonds. The average molecular weight is 332 g/mol. The summed E-state index contributed by atoms with van der Waals surface area (Å²) < 4.78 is 26.7. The fourth-order valence-electron chi connectivity index (χ4n) is 3.19. The molecule has 0 aliphatic carbocycles. The maximum absolute atomic E-state index is 14.0. The van der Waals surface area contributed by atoms with E-state index in [0.717, 1.165) is 6.20 Å². The van der Waals surface area contributed by atoms with Crippen LogP contribution in [0.4, 0.5) is 10.3 Å². The van der Waals surface area contributed by atoms with Crippen molar-refractivity contribution in [2.24, 2.45) is 7.05 Å². The van der Waals surface area contributed by atoms with Gasteiger partial charge in [0.25, 0.3) is 5.56 Å². The normalized spacial score (nSPS) is 23.3. The van der Waals surface area contributed by atoms with Crippen LogP contribution in [0.3, 0.4) is 0 Å². The third kappa shape index (κ3) is 2.47. The Morgan fingerprint density at radius 2 is 2.25 bits per heavy atom. The molecule has 2 aliphatic rings. The fourth-order valence-corrected chi connectivity index (χ4v) is 3.19. The molecule has 0 radical (unpaired) electrons. The van der Waals surface area contributed by atoms with Crippen molar-refractivity contribution >= 4 is 5.95 Å². The summed E-state index contributed by atoms with van der Waals surface area (Å²) in [7, 11) is 1.66. The van der Waals surface area contributed by atoms with Crippen LogP contribution in [0.25, 0.3) is 11.3 Å². The number of ether oxygens (including phenoxy) is 2. The first-order valence-electron chi connectivity index (χ1n) is 7.79. The van der Waals surface area contributed by atoms with Crippen LogP contribution in [-0.2, 0) is 16.5 Å². The van der Waals surface area contributed by atoms with E-state index < -0.39 is 5.82 Å². The van der Waals surface area contributed by atoms with Crippen LogP contribution in [-0.4, -0.2) is 53.0 Å². The molecule has 2 unspecified atom stereocenters. The molecular weight excluding hydrogens is 315 g/mol. The van der Waals surface area contributed by atoms with Gasteiger partial charge < -0.3 is 14.4 Å². The van der Waals surface area contributed by atoms with Gasteiger partial charge in [0.05, 0.1) is 37.8 Å². The quantitative estimate of drug-likeness (QED) is 0.802. The zero-order chi connectivity index (χ0) is 16.7. The van der Waals surface area contributed by atoms with E-state index in [2.05, 4.69) is 9.97 Å². The van der Waals surface area contributed by atoms with Crippen molar-refractivity contribution in [2.45, 2.75) is 12.1 Å². The zero-order valence-electron chi connectivity index (χ0n) is 13.2. The Morgan fingerprint density at radius 1 is 1.38 bits per heavy atom. The Balaban J connectivity index is 1.81. The molecule has 2 aromatic heterocycles. The number of halogens is 1. The van der Waals surface area contributed by atoms with E-state index in [-0.39, 0.29) is 23.3 Å². The van der Waals surface area contributed by atoms with Crippen molar-refractivity contribution < 1.29 is 13.9 Å². The summed E-state index contributed by atoms with van der Waals surface area (Å²) >= 11 is 0. The lowest BCUT2D eigenvalue weighted by atomic mass is 10.1. The summed E-state index contributed by atoms with van der Waals surface area (Å²) in [5.41, 5.74) is 0.319. The Hall–Kier alpha value is -2.32. The summed E-state index contributed by atoms with van der Waals surface area (Å²) in [6.07, 6.45) is 2.56. The van der Waals surface area contributed by atoms with E-state index in [4.69, 9.17) is 9.47 Å². The first kappa shape index (κ1) is 15.2. The Labute approximate surface area is 137 Å². The topological polar surface area (TPSA) is 69.5 Å². The summed E-state index contributed by atoms with van der Waals surface area (Å²) in [5.74, 6) is -0.00855. The number of nitrogens with zero attached hydrogens (tertiary/aromatic N) is 4. The summed E-state index contributed by atoms with van der Waals surface area (Å²) in [6.45, 7) is 2.20. The Bertz CT molecular complexity index is 825. The molecule has 126 valence electrons. The van der Waals surface area contributed by atoms with Crippen molar-refractivity contribution in [1.82, 2.24) is 14.5 Å². The molecule has 0 bridgehead atoms. The number of fused-ring (bicyclic) bond motifs is 1. The zero-order valence-corrected chi connectivity index (χ0v) is 13.2. The predicted octanol–water partition coefficient (Wildman–Crippen LogP) is 0.585. The minimum atomic E-state index is -0.506. The second kappa shape index (κ2) is 5.95. The molecule has 0 saturated carbocycles. The molecule has 2 aliphatic heterocycles. The number of morpholine rings is 1. The van der Waals surface area contributed by atoms with Gasteiger partial charge in [-0.2, -0.15) is 0 Å². The van der Waals surface area contributed by atoms with Crippen molar-refractivity contribution in [3.05, 3.63) is 40.7 Å². The van der Waals surface area contributed by atoms with Gasteiger partial charge in [-0.15, -0.1) is 0 Å².